The lowest BCUT2D eigenvalue weighted by Gasteiger charge is -2.06. The quantitative estimate of drug-likeness (QED) is 0.799. The summed E-state index contributed by atoms with van der Waals surface area (Å²) in [7, 11) is -3.38. The van der Waals surface area contributed by atoms with E-state index in [0.717, 1.165) is 12.5 Å². The van der Waals surface area contributed by atoms with E-state index in [1.807, 2.05) is 0 Å². The Labute approximate surface area is 131 Å². The van der Waals surface area contributed by atoms with Gasteiger partial charge in [-0.1, -0.05) is 18.7 Å². The normalized spacial score (nSPS) is 12.7. The average Bonchev–Trinajstić information content (AvgIpc) is 2.88. The Kier molecular flexibility index (Phi) is 4.46. The zero-order valence-corrected chi connectivity index (χ0v) is 12.9. The third-order valence-corrected chi connectivity index (χ3v) is 4.08. The van der Waals surface area contributed by atoms with Crippen molar-refractivity contribution in [2.45, 2.75) is 11.1 Å². The van der Waals surface area contributed by atoms with Crippen molar-refractivity contribution < 1.29 is 21.6 Å². The summed E-state index contributed by atoms with van der Waals surface area (Å²) in [5, 5.41) is 0. The van der Waals surface area contributed by atoms with E-state index >= 15 is 0 Å². The van der Waals surface area contributed by atoms with E-state index < -0.39 is 21.7 Å². The molecule has 0 aliphatic heterocycles. The van der Waals surface area contributed by atoms with Gasteiger partial charge in [0.25, 0.3) is 0 Å². The molecular weight excluding hydrogens is 329 g/mol. The van der Waals surface area contributed by atoms with Crippen LogP contribution in [-0.2, 0) is 16.0 Å². The number of rotatable bonds is 4. The van der Waals surface area contributed by atoms with Crippen molar-refractivity contribution >= 4 is 15.9 Å². The molecule has 8 heteroatoms. The van der Waals surface area contributed by atoms with E-state index in [1.165, 1.54) is 47.1 Å². The van der Waals surface area contributed by atoms with Gasteiger partial charge in [0.1, 0.15) is 5.82 Å². The summed E-state index contributed by atoms with van der Waals surface area (Å²) >= 11 is 0. The topological polar surface area (TPSA) is 52.0 Å². The highest BCUT2D eigenvalue weighted by molar-refractivity contribution is 7.90. The molecule has 1 aromatic carbocycles. The number of nitrogens with zero attached hydrogens (tertiary/aromatic N) is 2. The molecule has 0 aliphatic carbocycles. The maximum absolute atomic E-state index is 12.8. The molecule has 23 heavy (non-hydrogen) atoms. The molecular formula is C15H13F3N2O2S. The van der Waals surface area contributed by atoms with Gasteiger partial charge in [0.15, 0.2) is 15.5 Å². The van der Waals surface area contributed by atoms with Gasteiger partial charge >= 0.3 is 6.18 Å². The first-order valence-corrected chi connectivity index (χ1v) is 8.28. The van der Waals surface area contributed by atoms with Crippen LogP contribution in [0.4, 0.5) is 13.2 Å². The number of halogens is 3. The molecule has 4 nitrogen and oxygen atoms in total. The van der Waals surface area contributed by atoms with E-state index in [9.17, 15) is 21.6 Å². The van der Waals surface area contributed by atoms with E-state index in [2.05, 4.69) is 11.6 Å². The lowest BCUT2D eigenvalue weighted by atomic mass is 10.3. The first-order valence-electron chi connectivity index (χ1n) is 6.39. The standard InChI is InChI=1S/C15H13F3N2O2S/c1-3-4-5-14-19-13(15(16,17)18)10-20(14)11-6-8-12(9-7-11)23(2,21)22/h3-10H,1H2,2H3/b5-4+. The zero-order chi connectivity index (χ0) is 17.3. The minimum absolute atomic E-state index is 0.0596. The molecule has 1 aromatic heterocycles. The van der Waals surface area contributed by atoms with Crippen LogP contribution in [0.5, 0.6) is 0 Å². The van der Waals surface area contributed by atoms with Crippen molar-refractivity contribution in [3.8, 4) is 5.69 Å². The van der Waals surface area contributed by atoms with Crippen molar-refractivity contribution in [1.29, 1.82) is 0 Å². The molecule has 0 saturated heterocycles. The lowest BCUT2D eigenvalue weighted by Crippen LogP contribution is -2.05. The number of allylic oxidation sites excluding steroid dienone is 2. The fourth-order valence-electron chi connectivity index (χ4n) is 1.86. The maximum atomic E-state index is 12.8. The molecule has 0 unspecified atom stereocenters. The fourth-order valence-corrected chi connectivity index (χ4v) is 2.49. The van der Waals surface area contributed by atoms with Gasteiger partial charge in [-0.2, -0.15) is 13.2 Å². The highest BCUT2D eigenvalue weighted by Gasteiger charge is 2.34. The van der Waals surface area contributed by atoms with E-state index in [-0.39, 0.29) is 10.7 Å². The number of aromatic nitrogens is 2. The van der Waals surface area contributed by atoms with Crippen LogP contribution >= 0.6 is 0 Å². The second-order valence-electron chi connectivity index (χ2n) is 4.71. The summed E-state index contributed by atoms with van der Waals surface area (Å²) in [6, 6.07) is 5.50. The van der Waals surface area contributed by atoms with Crippen molar-refractivity contribution in [3.63, 3.8) is 0 Å². The van der Waals surface area contributed by atoms with Crippen molar-refractivity contribution in [3.05, 3.63) is 60.7 Å². The van der Waals surface area contributed by atoms with E-state index in [1.54, 1.807) is 0 Å². The molecule has 0 amide bonds. The molecule has 0 fully saturated rings. The van der Waals surface area contributed by atoms with E-state index in [0.29, 0.717) is 5.69 Å². The van der Waals surface area contributed by atoms with E-state index in [4.69, 9.17) is 0 Å². The molecule has 0 aliphatic rings. The Morgan fingerprint density at radius 1 is 1.22 bits per heavy atom. The van der Waals surface area contributed by atoms with Crippen LogP contribution in [0.25, 0.3) is 11.8 Å². The maximum Gasteiger partial charge on any atom is 0.434 e. The van der Waals surface area contributed by atoms with Crippen LogP contribution in [0, 0.1) is 0 Å². The molecule has 0 spiro atoms. The van der Waals surface area contributed by atoms with Crippen LogP contribution in [0.15, 0.2) is 54.1 Å². The van der Waals surface area contributed by atoms with Crippen molar-refractivity contribution in [2.75, 3.05) is 6.26 Å². The van der Waals surface area contributed by atoms with Gasteiger partial charge < -0.3 is 0 Å². The molecule has 0 bridgehead atoms. The number of imidazole rings is 1. The second-order valence-corrected chi connectivity index (χ2v) is 6.73. The number of hydrogen-bond donors (Lipinski definition) is 0. The fraction of sp³-hybridized carbons (Fsp3) is 0.133. The molecule has 0 saturated carbocycles. The summed E-state index contributed by atoms with van der Waals surface area (Å²) in [4.78, 5) is 3.64. The molecule has 0 radical (unpaired) electrons. The minimum Gasteiger partial charge on any atom is -0.300 e. The number of hydrogen-bond acceptors (Lipinski definition) is 3. The zero-order valence-electron chi connectivity index (χ0n) is 12.1. The van der Waals surface area contributed by atoms with Gasteiger partial charge in [-0.15, -0.1) is 0 Å². The molecule has 0 N–H and O–H groups in total. The predicted molar refractivity (Wildman–Crippen MR) is 80.9 cm³/mol. The summed E-state index contributed by atoms with van der Waals surface area (Å²) < 4.78 is 62.6. The SMILES string of the molecule is C=C/C=C/c1nc(C(F)(F)F)cn1-c1ccc(S(C)(=O)=O)cc1. The average molecular weight is 342 g/mol. The summed E-state index contributed by atoms with van der Waals surface area (Å²) in [5.74, 6) is 0.0596. The minimum atomic E-state index is -4.57. The Balaban J connectivity index is 2.55. The Bertz CT molecular complexity index is 848. The van der Waals surface area contributed by atoms with Crippen LogP contribution in [-0.4, -0.2) is 24.2 Å². The summed E-state index contributed by atoms with van der Waals surface area (Å²) in [6.07, 6.45) is 1.60. The predicted octanol–water partition coefficient (Wildman–Crippen LogP) is 3.49. The molecule has 0 atom stereocenters. The Hall–Kier alpha value is -2.35. The van der Waals surface area contributed by atoms with Crippen LogP contribution in [0.1, 0.15) is 11.5 Å². The van der Waals surface area contributed by atoms with Gasteiger partial charge in [0.2, 0.25) is 0 Å². The van der Waals surface area contributed by atoms with Crippen LogP contribution < -0.4 is 0 Å². The largest absolute Gasteiger partial charge is 0.434 e. The Morgan fingerprint density at radius 2 is 1.83 bits per heavy atom. The van der Waals surface area contributed by atoms with Crippen molar-refractivity contribution in [2.24, 2.45) is 0 Å². The van der Waals surface area contributed by atoms with Gasteiger partial charge in [-0.25, -0.2) is 13.4 Å². The van der Waals surface area contributed by atoms with Gasteiger partial charge in [0.05, 0.1) is 4.90 Å². The highest BCUT2D eigenvalue weighted by atomic mass is 32.2. The van der Waals surface area contributed by atoms with Gasteiger partial charge in [0, 0.05) is 18.1 Å². The first kappa shape index (κ1) is 17.0. The monoisotopic (exact) mass is 342 g/mol. The number of alkyl halides is 3. The molecule has 1 heterocycles. The lowest BCUT2D eigenvalue weighted by molar-refractivity contribution is -0.140. The second kappa shape index (κ2) is 6.04. The number of sulfone groups is 1. The third kappa shape index (κ3) is 3.89. The van der Waals surface area contributed by atoms with Gasteiger partial charge in [-0.05, 0) is 30.3 Å². The molecule has 2 rings (SSSR count). The smallest absolute Gasteiger partial charge is 0.300 e. The van der Waals surface area contributed by atoms with Crippen molar-refractivity contribution in [1.82, 2.24) is 9.55 Å². The molecule has 2 aromatic rings. The third-order valence-electron chi connectivity index (χ3n) is 2.95. The Morgan fingerprint density at radius 3 is 2.30 bits per heavy atom. The summed E-state index contributed by atoms with van der Waals surface area (Å²) in [5.41, 5.74) is -0.669. The molecule has 122 valence electrons. The van der Waals surface area contributed by atoms with Gasteiger partial charge in [-0.3, -0.25) is 4.57 Å². The highest BCUT2D eigenvalue weighted by Crippen LogP contribution is 2.30. The number of benzene rings is 1. The van der Waals surface area contributed by atoms with Crippen LogP contribution in [0.3, 0.4) is 0 Å². The first-order chi connectivity index (χ1) is 10.6. The van der Waals surface area contributed by atoms with Crippen LogP contribution in [0.2, 0.25) is 0 Å². The summed E-state index contributed by atoms with van der Waals surface area (Å²) in [6.45, 7) is 3.46.